The Bertz CT molecular complexity index is 311. The monoisotopic (exact) mass is 283 g/mol. The molecular formula is C16H29NO3. The summed E-state index contributed by atoms with van der Waals surface area (Å²) >= 11 is 0. The van der Waals surface area contributed by atoms with Crippen molar-refractivity contribution in [1.82, 2.24) is 4.90 Å². The summed E-state index contributed by atoms with van der Waals surface area (Å²) < 4.78 is 4.77. The second-order valence-corrected chi connectivity index (χ2v) is 5.90. The van der Waals surface area contributed by atoms with E-state index in [-0.39, 0.29) is 23.7 Å². The summed E-state index contributed by atoms with van der Waals surface area (Å²) in [4.78, 5) is 26.1. The summed E-state index contributed by atoms with van der Waals surface area (Å²) in [6, 6.07) is 0. The third-order valence-corrected chi connectivity index (χ3v) is 4.15. The first-order valence-electron chi connectivity index (χ1n) is 7.96. The number of carbonyl (C=O) groups is 2. The highest BCUT2D eigenvalue weighted by Gasteiger charge is 2.28. The van der Waals surface area contributed by atoms with E-state index in [0.29, 0.717) is 6.54 Å². The number of carbonyl (C=O) groups excluding carboxylic acids is 2. The number of nitrogens with zero attached hydrogens (tertiary/aromatic N) is 1. The lowest BCUT2D eigenvalue weighted by atomic mass is 9.88. The number of rotatable bonds is 7. The molecule has 0 aromatic carbocycles. The Balaban J connectivity index is 2.61. The van der Waals surface area contributed by atoms with Crippen LogP contribution in [0.25, 0.3) is 0 Å². The molecule has 0 saturated heterocycles. The third-order valence-electron chi connectivity index (χ3n) is 4.15. The van der Waals surface area contributed by atoms with Gasteiger partial charge in [0.05, 0.1) is 13.0 Å². The Morgan fingerprint density at radius 2 is 1.90 bits per heavy atom. The summed E-state index contributed by atoms with van der Waals surface area (Å²) in [5.74, 6) is -0.0632. The number of hydrogen-bond donors (Lipinski definition) is 0. The largest absolute Gasteiger partial charge is 0.469 e. The highest BCUT2D eigenvalue weighted by molar-refractivity contribution is 5.80. The minimum Gasteiger partial charge on any atom is -0.469 e. The SMILES string of the molecule is CCCCN(CC(C)C(=O)OC)C(=O)C1CCCCC1. The van der Waals surface area contributed by atoms with E-state index >= 15 is 0 Å². The summed E-state index contributed by atoms with van der Waals surface area (Å²) in [5, 5.41) is 0. The fourth-order valence-electron chi connectivity index (χ4n) is 2.85. The number of amides is 1. The van der Waals surface area contributed by atoms with Crippen LogP contribution in [0.15, 0.2) is 0 Å². The molecule has 1 aliphatic rings. The first-order valence-corrected chi connectivity index (χ1v) is 7.96. The zero-order chi connectivity index (χ0) is 15.0. The molecule has 0 spiro atoms. The molecule has 0 N–H and O–H groups in total. The van der Waals surface area contributed by atoms with Crippen LogP contribution >= 0.6 is 0 Å². The Hall–Kier alpha value is -1.06. The van der Waals surface area contributed by atoms with E-state index in [1.165, 1.54) is 13.5 Å². The molecule has 0 radical (unpaired) electrons. The number of methoxy groups -OCH3 is 1. The van der Waals surface area contributed by atoms with Gasteiger partial charge in [-0.15, -0.1) is 0 Å². The molecule has 116 valence electrons. The fourth-order valence-corrected chi connectivity index (χ4v) is 2.85. The number of esters is 1. The topological polar surface area (TPSA) is 46.6 Å². The standard InChI is InChI=1S/C16H29NO3/c1-4-5-11-17(12-13(2)16(19)20-3)15(18)14-9-7-6-8-10-14/h13-14H,4-12H2,1-3H3. The summed E-state index contributed by atoms with van der Waals surface area (Å²) in [6.07, 6.45) is 7.63. The van der Waals surface area contributed by atoms with Gasteiger partial charge in [-0.3, -0.25) is 9.59 Å². The average molecular weight is 283 g/mol. The molecule has 1 unspecified atom stereocenters. The second-order valence-electron chi connectivity index (χ2n) is 5.90. The predicted molar refractivity (Wildman–Crippen MR) is 79.2 cm³/mol. The molecule has 0 aromatic heterocycles. The highest BCUT2D eigenvalue weighted by Crippen LogP contribution is 2.26. The molecule has 4 nitrogen and oxygen atoms in total. The minimum absolute atomic E-state index is 0.172. The van der Waals surface area contributed by atoms with Crippen molar-refractivity contribution in [3.63, 3.8) is 0 Å². The smallest absolute Gasteiger partial charge is 0.310 e. The maximum Gasteiger partial charge on any atom is 0.310 e. The zero-order valence-electron chi connectivity index (χ0n) is 13.2. The maximum absolute atomic E-state index is 12.6. The van der Waals surface area contributed by atoms with Crippen molar-refractivity contribution in [2.24, 2.45) is 11.8 Å². The van der Waals surface area contributed by atoms with Crippen molar-refractivity contribution in [3.8, 4) is 0 Å². The molecule has 0 aliphatic heterocycles. The van der Waals surface area contributed by atoms with Crippen LogP contribution in [0.2, 0.25) is 0 Å². The van der Waals surface area contributed by atoms with Gasteiger partial charge in [0.25, 0.3) is 0 Å². The van der Waals surface area contributed by atoms with Gasteiger partial charge in [0.15, 0.2) is 0 Å². The molecule has 1 fully saturated rings. The Morgan fingerprint density at radius 3 is 2.45 bits per heavy atom. The van der Waals surface area contributed by atoms with Gasteiger partial charge in [-0.2, -0.15) is 0 Å². The van der Waals surface area contributed by atoms with Crippen LogP contribution in [0.4, 0.5) is 0 Å². The molecular weight excluding hydrogens is 254 g/mol. The van der Waals surface area contributed by atoms with Crippen LogP contribution in [0.1, 0.15) is 58.8 Å². The quantitative estimate of drug-likeness (QED) is 0.675. The van der Waals surface area contributed by atoms with Gasteiger partial charge >= 0.3 is 5.97 Å². The Labute approximate surface area is 122 Å². The van der Waals surface area contributed by atoms with E-state index < -0.39 is 0 Å². The van der Waals surface area contributed by atoms with Gasteiger partial charge in [-0.05, 0) is 19.3 Å². The van der Waals surface area contributed by atoms with Crippen LogP contribution in [0.3, 0.4) is 0 Å². The molecule has 1 amide bonds. The highest BCUT2D eigenvalue weighted by atomic mass is 16.5. The zero-order valence-corrected chi connectivity index (χ0v) is 13.2. The molecule has 0 aromatic rings. The molecule has 0 heterocycles. The lowest BCUT2D eigenvalue weighted by Crippen LogP contribution is -2.41. The lowest BCUT2D eigenvalue weighted by Gasteiger charge is -2.30. The normalized spacial score (nSPS) is 17.6. The molecule has 0 bridgehead atoms. The molecule has 4 heteroatoms. The Kier molecular flexibility index (Phi) is 7.63. The molecule has 1 aliphatic carbocycles. The number of unbranched alkanes of at least 4 members (excludes halogenated alkanes) is 1. The van der Waals surface area contributed by atoms with E-state index in [1.807, 2.05) is 11.8 Å². The van der Waals surface area contributed by atoms with Gasteiger partial charge in [0, 0.05) is 19.0 Å². The maximum atomic E-state index is 12.6. The molecule has 1 saturated carbocycles. The van der Waals surface area contributed by atoms with E-state index in [1.54, 1.807) is 0 Å². The van der Waals surface area contributed by atoms with Gasteiger partial charge in [0.1, 0.15) is 0 Å². The molecule has 20 heavy (non-hydrogen) atoms. The first-order chi connectivity index (χ1) is 9.60. The van der Waals surface area contributed by atoms with E-state index in [2.05, 4.69) is 6.92 Å². The van der Waals surface area contributed by atoms with E-state index in [0.717, 1.165) is 45.1 Å². The molecule has 1 atom stereocenters. The predicted octanol–water partition coefficient (Wildman–Crippen LogP) is 3.00. The lowest BCUT2D eigenvalue weighted by molar-refractivity contribution is -0.147. The first kappa shape index (κ1) is 17.0. The van der Waals surface area contributed by atoms with Crippen molar-refractivity contribution >= 4 is 11.9 Å². The van der Waals surface area contributed by atoms with E-state index in [9.17, 15) is 9.59 Å². The Morgan fingerprint density at radius 1 is 1.25 bits per heavy atom. The third kappa shape index (κ3) is 5.14. The van der Waals surface area contributed by atoms with Crippen molar-refractivity contribution < 1.29 is 14.3 Å². The van der Waals surface area contributed by atoms with Gasteiger partial charge in [-0.25, -0.2) is 0 Å². The summed E-state index contributed by atoms with van der Waals surface area (Å²) in [6.45, 7) is 5.20. The van der Waals surface area contributed by atoms with Crippen LogP contribution in [-0.2, 0) is 14.3 Å². The average Bonchev–Trinajstić information content (AvgIpc) is 2.50. The van der Waals surface area contributed by atoms with Crippen molar-refractivity contribution in [2.75, 3.05) is 20.2 Å². The van der Waals surface area contributed by atoms with E-state index in [4.69, 9.17) is 4.74 Å². The van der Waals surface area contributed by atoms with Crippen molar-refractivity contribution in [3.05, 3.63) is 0 Å². The van der Waals surface area contributed by atoms with Crippen molar-refractivity contribution in [2.45, 2.75) is 58.8 Å². The van der Waals surface area contributed by atoms with Crippen LogP contribution < -0.4 is 0 Å². The minimum atomic E-state index is -0.246. The van der Waals surface area contributed by atoms with Crippen molar-refractivity contribution in [1.29, 1.82) is 0 Å². The van der Waals surface area contributed by atoms with Crippen LogP contribution in [0.5, 0.6) is 0 Å². The van der Waals surface area contributed by atoms with Gasteiger partial charge in [-0.1, -0.05) is 39.5 Å². The van der Waals surface area contributed by atoms with Crippen LogP contribution in [-0.4, -0.2) is 37.0 Å². The van der Waals surface area contributed by atoms with Gasteiger partial charge in [0.2, 0.25) is 5.91 Å². The van der Waals surface area contributed by atoms with Crippen LogP contribution in [0, 0.1) is 11.8 Å². The fraction of sp³-hybridized carbons (Fsp3) is 0.875. The molecule has 1 rings (SSSR count). The van der Waals surface area contributed by atoms with Gasteiger partial charge < -0.3 is 9.64 Å². The number of ether oxygens (including phenoxy) is 1. The second kappa shape index (κ2) is 8.98. The number of hydrogen-bond acceptors (Lipinski definition) is 3. The summed E-state index contributed by atoms with van der Waals surface area (Å²) in [7, 11) is 1.40. The summed E-state index contributed by atoms with van der Waals surface area (Å²) in [5.41, 5.74) is 0.